The summed E-state index contributed by atoms with van der Waals surface area (Å²) in [5, 5.41) is 21.9. The Balaban J connectivity index is 1.97. The van der Waals surface area contributed by atoms with E-state index < -0.39 is 0 Å². The lowest BCUT2D eigenvalue weighted by atomic mass is 9.78. The van der Waals surface area contributed by atoms with Crippen LogP contribution in [0, 0.1) is 0 Å². The number of rotatable bonds is 9. The zero-order valence-electron chi connectivity index (χ0n) is 26.5. The van der Waals surface area contributed by atoms with Crippen molar-refractivity contribution in [3.05, 3.63) is 70.0 Å². The second-order valence-corrected chi connectivity index (χ2v) is 15.9. The van der Waals surface area contributed by atoms with E-state index in [9.17, 15) is 10.2 Å². The SMILES string of the molecule is C=C(Cc1cc(C(C)(C)C)c(O)c(C(C)(C)C)c1)OOCCSCc1cc(C(C)(C)C)c(O)c(C(C)(C)C)c1. The largest absolute Gasteiger partial charge is 0.507 e. The van der Waals surface area contributed by atoms with Gasteiger partial charge < -0.3 is 15.1 Å². The van der Waals surface area contributed by atoms with Gasteiger partial charge in [-0.3, -0.25) is 0 Å². The molecule has 39 heavy (non-hydrogen) atoms. The van der Waals surface area contributed by atoms with E-state index in [1.54, 1.807) is 11.8 Å². The summed E-state index contributed by atoms with van der Waals surface area (Å²) in [5.74, 6) is 2.92. The number of aromatic hydroxyl groups is 2. The first-order valence-electron chi connectivity index (χ1n) is 13.9. The lowest BCUT2D eigenvalue weighted by Crippen LogP contribution is -2.18. The average Bonchev–Trinajstić information content (AvgIpc) is 2.74. The molecule has 0 fully saturated rings. The molecule has 0 aliphatic heterocycles. The third kappa shape index (κ3) is 9.21. The molecule has 0 unspecified atom stereocenters. The lowest BCUT2D eigenvalue weighted by molar-refractivity contribution is -0.257. The molecule has 0 aromatic heterocycles. The third-order valence-electron chi connectivity index (χ3n) is 6.73. The molecule has 0 aliphatic rings. The van der Waals surface area contributed by atoms with Crippen molar-refractivity contribution in [1.29, 1.82) is 0 Å². The molecule has 2 aromatic carbocycles. The fourth-order valence-corrected chi connectivity index (χ4v) is 5.26. The summed E-state index contributed by atoms with van der Waals surface area (Å²) in [6.45, 7) is 29.9. The van der Waals surface area contributed by atoms with E-state index in [2.05, 4.69) is 102 Å². The topological polar surface area (TPSA) is 58.9 Å². The summed E-state index contributed by atoms with van der Waals surface area (Å²) >= 11 is 1.77. The number of phenolic OH excluding ortho intramolecular Hbond substituents is 2. The van der Waals surface area contributed by atoms with Crippen LogP contribution in [-0.4, -0.2) is 22.6 Å². The van der Waals surface area contributed by atoms with E-state index in [0.29, 0.717) is 30.3 Å². The van der Waals surface area contributed by atoms with Crippen LogP contribution in [0.2, 0.25) is 0 Å². The van der Waals surface area contributed by atoms with Crippen molar-refractivity contribution in [2.75, 3.05) is 12.4 Å². The summed E-state index contributed by atoms with van der Waals surface area (Å²) < 4.78 is 0. The summed E-state index contributed by atoms with van der Waals surface area (Å²) in [6, 6.07) is 8.35. The first kappa shape index (κ1) is 33.1. The molecule has 0 saturated heterocycles. The van der Waals surface area contributed by atoms with Gasteiger partial charge in [-0.2, -0.15) is 16.6 Å². The molecule has 0 amide bonds. The second-order valence-electron chi connectivity index (χ2n) is 14.8. The molecular formula is C34H52O4S. The average molecular weight is 557 g/mol. The van der Waals surface area contributed by atoms with E-state index in [0.717, 1.165) is 39.3 Å². The van der Waals surface area contributed by atoms with Gasteiger partial charge in [0.15, 0.2) is 0 Å². The normalized spacial score (nSPS) is 13.0. The summed E-state index contributed by atoms with van der Waals surface area (Å²) in [7, 11) is 0. The van der Waals surface area contributed by atoms with Gasteiger partial charge in [0, 0.05) is 17.9 Å². The Morgan fingerprint density at radius 1 is 0.667 bits per heavy atom. The Bertz CT molecular complexity index is 1080. The van der Waals surface area contributed by atoms with Gasteiger partial charge in [-0.05, 0) is 55.0 Å². The second kappa shape index (κ2) is 12.2. The van der Waals surface area contributed by atoms with Crippen molar-refractivity contribution in [2.45, 2.75) is 117 Å². The predicted molar refractivity (Wildman–Crippen MR) is 167 cm³/mol. The molecular weight excluding hydrogens is 504 g/mol. The molecule has 2 N–H and O–H groups in total. The van der Waals surface area contributed by atoms with Gasteiger partial charge in [-0.15, -0.1) is 0 Å². The van der Waals surface area contributed by atoms with Gasteiger partial charge >= 0.3 is 0 Å². The molecule has 2 aromatic rings. The number of hydrogen-bond donors (Lipinski definition) is 2. The van der Waals surface area contributed by atoms with Crippen LogP contribution in [0.1, 0.15) is 116 Å². The van der Waals surface area contributed by atoms with E-state index in [4.69, 9.17) is 9.78 Å². The summed E-state index contributed by atoms with van der Waals surface area (Å²) in [6.07, 6.45) is 0.512. The maximum Gasteiger partial charge on any atom is 0.139 e. The van der Waals surface area contributed by atoms with Crippen LogP contribution in [0.3, 0.4) is 0 Å². The molecule has 4 nitrogen and oxygen atoms in total. The van der Waals surface area contributed by atoms with Gasteiger partial charge in [0.25, 0.3) is 0 Å². The fourth-order valence-electron chi connectivity index (χ4n) is 4.53. The Hall–Kier alpha value is -2.11. The molecule has 0 atom stereocenters. The van der Waals surface area contributed by atoms with Crippen molar-refractivity contribution in [1.82, 2.24) is 0 Å². The van der Waals surface area contributed by atoms with Crippen LogP contribution in [-0.2, 0) is 43.6 Å². The zero-order chi connectivity index (χ0) is 30.0. The van der Waals surface area contributed by atoms with Crippen molar-refractivity contribution in [3.8, 4) is 11.5 Å². The first-order chi connectivity index (χ1) is 17.6. The number of hydrogen-bond acceptors (Lipinski definition) is 5. The van der Waals surface area contributed by atoms with Crippen molar-refractivity contribution < 1.29 is 20.0 Å². The predicted octanol–water partition coefficient (Wildman–Crippen LogP) is 9.23. The van der Waals surface area contributed by atoms with Crippen LogP contribution in [0.5, 0.6) is 11.5 Å². The van der Waals surface area contributed by atoms with Crippen molar-refractivity contribution >= 4 is 11.8 Å². The van der Waals surface area contributed by atoms with E-state index >= 15 is 0 Å². The Morgan fingerprint density at radius 3 is 1.38 bits per heavy atom. The Kier molecular flexibility index (Phi) is 10.3. The Morgan fingerprint density at radius 2 is 1.03 bits per heavy atom. The molecule has 0 heterocycles. The van der Waals surface area contributed by atoms with Crippen LogP contribution >= 0.6 is 11.8 Å². The smallest absolute Gasteiger partial charge is 0.139 e. The minimum atomic E-state index is -0.186. The van der Waals surface area contributed by atoms with Crippen LogP contribution < -0.4 is 0 Å². The van der Waals surface area contributed by atoms with Crippen molar-refractivity contribution in [2.24, 2.45) is 0 Å². The fraction of sp³-hybridized carbons (Fsp3) is 0.588. The maximum atomic E-state index is 11.0. The third-order valence-corrected chi connectivity index (χ3v) is 7.72. The standard InChI is InChI=1S/C34H52O4S/c1-22(16-23-17-25(31(2,3)4)29(35)26(18-23)32(5,6)7)38-37-14-15-39-21-24-19-27(33(8,9)10)30(36)28(20-24)34(11,12)13/h17-20,35-36H,1,14-16,21H2,2-13H3. The number of thioether (sulfide) groups is 1. The summed E-state index contributed by atoms with van der Waals surface area (Å²) in [5.41, 5.74) is 5.42. The van der Waals surface area contributed by atoms with Crippen molar-refractivity contribution in [3.63, 3.8) is 0 Å². The molecule has 218 valence electrons. The highest BCUT2D eigenvalue weighted by Gasteiger charge is 2.28. The first-order valence-corrected chi connectivity index (χ1v) is 15.1. The maximum absolute atomic E-state index is 11.0. The number of allylic oxidation sites excluding steroid dienone is 1. The minimum Gasteiger partial charge on any atom is -0.507 e. The zero-order valence-corrected chi connectivity index (χ0v) is 27.3. The highest BCUT2D eigenvalue weighted by Crippen LogP contribution is 2.41. The molecule has 0 spiro atoms. The molecule has 0 aliphatic carbocycles. The van der Waals surface area contributed by atoms with Crippen LogP contribution in [0.25, 0.3) is 0 Å². The summed E-state index contributed by atoms with van der Waals surface area (Å²) in [4.78, 5) is 11.0. The molecule has 0 bridgehead atoms. The van der Waals surface area contributed by atoms with E-state index in [-0.39, 0.29) is 21.7 Å². The lowest BCUT2D eigenvalue weighted by Gasteiger charge is -2.28. The van der Waals surface area contributed by atoms with Gasteiger partial charge in [-0.25, -0.2) is 0 Å². The monoisotopic (exact) mass is 556 g/mol. The highest BCUT2D eigenvalue weighted by atomic mass is 32.2. The van der Waals surface area contributed by atoms with Gasteiger partial charge in [-0.1, -0.05) is 114 Å². The molecule has 0 radical (unpaired) electrons. The van der Waals surface area contributed by atoms with E-state index in [1.807, 2.05) is 12.1 Å². The number of phenols is 2. The molecule has 0 saturated carbocycles. The molecule has 2 rings (SSSR count). The highest BCUT2D eigenvalue weighted by molar-refractivity contribution is 7.98. The quantitative estimate of drug-likeness (QED) is 0.139. The minimum absolute atomic E-state index is 0.138. The number of benzene rings is 2. The van der Waals surface area contributed by atoms with Gasteiger partial charge in [0.05, 0.1) is 0 Å². The molecule has 5 heteroatoms. The van der Waals surface area contributed by atoms with E-state index in [1.165, 1.54) is 5.56 Å². The Labute approximate surface area is 242 Å². The van der Waals surface area contributed by atoms with Gasteiger partial charge in [0.2, 0.25) is 0 Å². The van der Waals surface area contributed by atoms with Crippen LogP contribution in [0.15, 0.2) is 36.6 Å². The van der Waals surface area contributed by atoms with Crippen LogP contribution in [0.4, 0.5) is 0 Å². The van der Waals surface area contributed by atoms with Gasteiger partial charge in [0.1, 0.15) is 23.9 Å².